The maximum atomic E-state index is 5.99. The molecule has 0 spiro atoms. The van der Waals surface area contributed by atoms with Crippen molar-refractivity contribution in [2.24, 2.45) is 0 Å². The number of aromatic nitrogens is 13. The van der Waals surface area contributed by atoms with E-state index in [1.165, 1.54) is 43.6 Å². The molecule has 0 aliphatic heterocycles. The van der Waals surface area contributed by atoms with E-state index in [0.717, 1.165) is 77.0 Å². The summed E-state index contributed by atoms with van der Waals surface area (Å²) in [5, 5.41) is 9.77. The summed E-state index contributed by atoms with van der Waals surface area (Å²) in [4.78, 5) is 50.4. The monoisotopic (exact) mass is 1270 g/mol. The van der Waals surface area contributed by atoms with Gasteiger partial charge in [0.2, 0.25) is 17.2 Å². The van der Waals surface area contributed by atoms with Crippen molar-refractivity contribution in [1.82, 2.24) is 64.0 Å². The Labute approximate surface area is 578 Å². The molecule has 0 saturated carbocycles. The molecule has 0 aliphatic rings. The number of aromatic amines is 2. The minimum Gasteiger partial charge on any atom is -1.00 e. The molecule has 0 aliphatic carbocycles. The SMILES string of the molecule is Clc1nc(-c2ccccc2)nc(-c2ccccc2)n1.[H-].[Na+].c1ccc(-c2nc(-c3ccccc3)nc(-n3c4ccccc4c4c5c6ccccc6n(-c6nc(-c7ccccc7)nc(-c7ccccc7)n6)c5ccc43)n2)cc1.c1ccc2c(c1)[nH]c1ccc3[nH]c4ccccc4c3c12. The first-order chi connectivity index (χ1) is 47.0. The van der Waals surface area contributed by atoms with Crippen LogP contribution < -0.4 is 29.6 Å². The summed E-state index contributed by atoms with van der Waals surface area (Å²) >= 11 is 5.99. The Kier molecular flexibility index (Phi) is 15.8. The zero-order chi connectivity index (χ0) is 63.2. The molecule has 0 fully saturated rings. The number of hydrogen-bond donors (Lipinski definition) is 2. The Morgan fingerprint density at radius 1 is 0.229 bits per heavy atom. The Morgan fingerprint density at radius 3 is 0.802 bits per heavy atom. The van der Waals surface area contributed by atoms with Crippen LogP contribution in [-0.4, -0.2) is 64.0 Å². The Hall–Kier alpha value is -11.8. The fourth-order valence-corrected chi connectivity index (χ4v) is 13.0. The van der Waals surface area contributed by atoms with Gasteiger partial charge in [0.1, 0.15) is 0 Å². The van der Waals surface area contributed by atoms with Crippen LogP contribution in [0, 0.1) is 0 Å². The molecule has 0 atom stereocenters. The van der Waals surface area contributed by atoms with Crippen molar-refractivity contribution in [3.05, 3.63) is 309 Å². The standard InChI is InChI=1S/C48H30N8.C18H12N2.C15H10ClN3.Na.H/c1-5-17-31(18-6-1)43-49-44(32-19-7-2-8-20-32)52-47(51-43)55-37-27-15-13-25-35(37)41-39(55)29-30-40-42(41)36-26-14-16-28-38(36)56(40)48-53-45(33-21-9-3-10-22-33)50-46(54-48)34-23-11-4-12-24-34;1-3-7-13-11(5-1)17-15(19-13)9-10-16-18(17)12-6-2-4-8-14(12)20-16;16-15-18-13(11-7-3-1-4-8-11)17-14(19-15)12-9-5-2-6-10-12;;/h1-30H;1-10,19-20H;1-10H;;/q;;;+1;-1. The predicted octanol–water partition coefficient (Wildman–Crippen LogP) is 16.8. The van der Waals surface area contributed by atoms with E-state index in [4.69, 9.17) is 41.5 Å². The molecular formula is C81H53ClN13Na. The molecule has 15 heteroatoms. The molecule has 96 heavy (non-hydrogen) atoms. The molecule has 450 valence electrons. The minimum absolute atomic E-state index is 0. The maximum Gasteiger partial charge on any atom is 1.00 e. The van der Waals surface area contributed by atoms with Crippen molar-refractivity contribution in [1.29, 1.82) is 0 Å². The van der Waals surface area contributed by atoms with Crippen LogP contribution in [0.2, 0.25) is 5.28 Å². The first-order valence-corrected chi connectivity index (χ1v) is 31.5. The molecule has 13 nitrogen and oxygen atoms in total. The molecule has 19 rings (SSSR count). The van der Waals surface area contributed by atoms with Crippen molar-refractivity contribution in [3.8, 4) is 80.2 Å². The largest absolute Gasteiger partial charge is 1.00 e. The summed E-state index contributed by atoms with van der Waals surface area (Å²) in [6, 6.07) is 102. The van der Waals surface area contributed by atoms with Crippen molar-refractivity contribution in [2.75, 3.05) is 0 Å². The number of para-hydroxylation sites is 4. The van der Waals surface area contributed by atoms with Gasteiger partial charge < -0.3 is 11.4 Å². The predicted molar refractivity (Wildman–Crippen MR) is 386 cm³/mol. The average molecular weight is 1270 g/mol. The second-order valence-corrected chi connectivity index (χ2v) is 23.2. The van der Waals surface area contributed by atoms with Gasteiger partial charge in [0.25, 0.3) is 0 Å². The van der Waals surface area contributed by atoms with Gasteiger partial charge in [-0.1, -0.05) is 255 Å². The van der Waals surface area contributed by atoms with Gasteiger partial charge in [-0.05, 0) is 60.1 Å². The summed E-state index contributed by atoms with van der Waals surface area (Å²) in [5.41, 5.74) is 14.3. The third kappa shape index (κ3) is 11.0. The summed E-state index contributed by atoms with van der Waals surface area (Å²) < 4.78 is 4.33. The number of halogens is 1. The number of H-pyrrole nitrogens is 2. The third-order valence-corrected chi connectivity index (χ3v) is 17.2. The van der Waals surface area contributed by atoms with Gasteiger partial charge in [0.05, 0.1) is 22.1 Å². The van der Waals surface area contributed by atoms with E-state index < -0.39 is 0 Å². The van der Waals surface area contributed by atoms with Gasteiger partial charge in [0, 0.05) is 98.5 Å². The molecule has 7 heterocycles. The van der Waals surface area contributed by atoms with Crippen LogP contribution in [0.1, 0.15) is 1.43 Å². The second kappa shape index (κ2) is 25.6. The minimum atomic E-state index is 0. The summed E-state index contributed by atoms with van der Waals surface area (Å²) in [6.07, 6.45) is 0. The van der Waals surface area contributed by atoms with E-state index in [1.807, 2.05) is 182 Å². The molecule has 2 N–H and O–H groups in total. The van der Waals surface area contributed by atoms with Crippen molar-refractivity contribution < 1.29 is 31.0 Å². The van der Waals surface area contributed by atoms with Crippen molar-refractivity contribution >= 4 is 98.8 Å². The van der Waals surface area contributed by atoms with Crippen LogP contribution in [0.4, 0.5) is 0 Å². The van der Waals surface area contributed by atoms with Gasteiger partial charge >= 0.3 is 29.6 Å². The van der Waals surface area contributed by atoms with Gasteiger partial charge in [-0.2, -0.15) is 29.9 Å². The van der Waals surface area contributed by atoms with Gasteiger partial charge in [-0.3, -0.25) is 9.13 Å². The molecule has 7 aromatic heterocycles. The Balaban J connectivity index is 0.000000152. The summed E-state index contributed by atoms with van der Waals surface area (Å²) in [7, 11) is 0. The number of nitrogens with one attached hydrogen (secondary N) is 2. The quantitative estimate of drug-likeness (QED) is 0.141. The first kappa shape index (κ1) is 59.2. The number of rotatable bonds is 8. The molecular weight excluding hydrogens is 1210 g/mol. The fourth-order valence-electron chi connectivity index (χ4n) is 12.8. The van der Waals surface area contributed by atoms with Gasteiger partial charge in [-0.25, -0.2) is 15.0 Å². The molecule has 19 aromatic rings. The van der Waals surface area contributed by atoms with Gasteiger partial charge in [-0.15, -0.1) is 0 Å². The summed E-state index contributed by atoms with van der Waals surface area (Å²) in [6.45, 7) is 0. The van der Waals surface area contributed by atoms with E-state index >= 15 is 0 Å². The van der Waals surface area contributed by atoms with E-state index in [1.54, 1.807) is 0 Å². The summed E-state index contributed by atoms with van der Waals surface area (Å²) in [5.74, 6) is 4.69. The van der Waals surface area contributed by atoms with Crippen LogP contribution in [0.5, 0.6) is 0 Å². The van der Waals surface area contributed by atoms with Crippen LogP contribution in [-0.2, 0) is 0 Å². The third-order valence-electron chi connectivity index (χ3n) is 17.1. The smallest absolute Gasteiger partial charge is 1.00 e. The van der Waals surface area contributed by atoms with Crippen molar-refractivity contribution in [3.63, 3.8) is 0 Å². The zero-order valence-corrected chi connectivity index (χ0v) is 54.4. The number of nitrogens with zero attached hydrogens (tertiary/aromatic N) is 11. The van der Waals surface area contributed by atoms with Gasteiger partial charge in [0.15, 0.2) is 34.9 Å². The molecule has 0 saturated heterocycles. The Morgan fingerprint density at radius 2 is 0.490 bits per heavy atom. The molecule has 0 amide bonds. The molecule has 0 radical (unpaired) electrons. The molecule has 12 aromatic carbocycles. The second-order valence-electron chi connectivity index (χ2n) is 22.8. The van der Waals surface area contributed by atoms with Crippen LogP contribution in [0.3, 0.4) is 0 Å². The average Bonchev–Trinajstić information content (AvgIpc) is 1.55. The zero-order valence-electron chi connectivity index (χ0n) is 52.7. The maximum absolute atomic E-state index is 5.99. The number of hydrogen-bond acceptors (Lipinski definition) is 9. The van der Waals surface area contributed by atoms with Crippen molar-refractivity contribution in [2.45, 2.75) is 0 Å². The fraction of sp³-hybridized carbons (Fsp3) is 0. The van der Waals surface area contributed by atoms with Crippen LogP contribution >= 0.6 is 11.6 Å². The number of fused-ring (bicyclic) bond motifs is 14. The topological polar surface area (TPSA) is 157 Å². The van der Waals surface area contributed by atoms with E-state index in [-0.39, 0.29) is 36.3 Å². The Bertz CT molecular complexity index is 5570. The van der Waals surface area contributed by atoms with Crippen LogP contribution in [0.15, 0.2) is 303 Å². The van der Waals surface area contributed by atoms with Crippen LogP contribution in [0.25, 0.3) is 167 Å². The van der Waals surface area contributed by atoms with E-state index in [0.29, 0.717) is 46.8 Å². The van der Waals surface area contributed by atoms with E-state index in [9.17, 15) is 0 Å². The van der Waals surface area contributed by atoms with E-state index in [2.05, 4.69) is 155 Å². The molecule has 0 bridgehead atoms. The molecule has 0 unspecified atom stereocenters. The first-order valence-electron chi connectivity index (χ1n) is 31.2. The number of benzene rings is 12. The normalized spacial score (nSPS) is 11.3.